The standard InChI is InChI=1S/C17H26F3N9/c1-4-7-23-15-24-11-12(13(21-2)26-15)25-16(27-14(11)22-3)28-29-8-5-6-10(9-29)17(18,19)20/h10H,4-9H2,1-3H3,(H2,21,23,24,26)(H2,22,25,27,28). The summed E-state index contributed by atoms with van der Waals surface area (Å²) in [5.41, 5.74) is 3.91. The molecule has 0 aliphatic carbocycles. The second kappa shape index (κ2) is 8.80. The van der Waals surface area contributed by atoms with Crippen LogP contribution in [0.15, 0.2) is 0 Å². The first-order chi connectivity index (χ1) is 13.9. The molecule has 1 aliphatic heterocycles. The Bertz CT molecular complexity index is 843. The second-order valence-corrected chi connectivity index (χ2v) is 6.85. The molecular weight excluding hydrogens is 387 g/mol. The van der Waals surface area contributed by atoms with Crippen LogP contribution in [0, 0.1) is 5.92 Å². The van der Waals surface area contributed by atoms with Crippen LogP contribution in [0.1, 0.15) is 26.2 Å². The van der Waals surface area contributed by atoms with Gasteiger partial charge in [-0.3, -0.25) is 5.43 Å². The van der Waals surface area contributed by atoms with E-state index in [4.69, 9.17) is 0 Å². The number of hydrazine groups is 1. The quantitative estimate of drug-likeness (QED) is 0.545. The van der Waals surface area contributed by atoms with Crippen LogP contribution in [0.2, 0.25) is 0 Å². The molecule has 160 valence electrons. The van der Waals surface area contributed by atoms with Crippen molar-refractivity contribution < 1.29 is 13.2 Å². The molecule has 1 atom stereocenters. The van der Waals surface area contributed by atoms with Crippen molar-refractivity contribution in [3.8, 4) is 0 Å². The number of hydrogen-bond acceptors (Lipinski definition) is 9. The number of rotatable bonds is 7. The molecule has 12 heteroatoms. The van der Waals surface area contributed by atoms with E-state index in [9.17, 15) is 13.2 Å². The van der Waals surface area contributed by atoms with Crippen molar-refractivity contribution in [2.24, 2.45) is 5.92 Å². The van der Waals surface area contributed by atoms with Crippen LogP contribution >= 0.6 is 0 Å². The normalized spacial score (nSPS) is 17.9. The number of nitrogens with zero attached hydrogens (tertiary/aromatic N) is 5. The third-order valence-corrected chi connectivity index (χ3v) is 4.69. The van der Waals surface area contributed by atoms with Gasteiger partial charge in [0.2, 0.25) is 11.9 Å². The lowest BCUT2D eigenvalue weighted by molar-refractivity contribution is -0.185. The lowest BCUT2D eigenvalue weighted by Gasteiger charge is -2.33. The van der Waals surface area contributed by atoms with Gasteiger partial charge >= 0.3 is 6.18 Å². The van der Waals surface area contributed by atoms with Crippen LogP contribution in [-0.4, -0.2) is 64.9 Å². The average molecular weight is 413 g/mol. The Morgan fingerprint density at radius 3 is 2.21 bits per heavy atom. The highest BCUT2D eigenvalue weighted by Gasteiger charge is 2.42. The molecule has 0 radical (unpaired) electrons. The zero-order valence-corrected chi connectivity index (χ0v) is 16.7. The third-order valence-electron chi connectivity index (χ3n) is 4.69. The molecule has 3 heterocycles. The minimum Gasteiger partial charge on any atom is -0.371 e. The van der Waals surface area contributed by atoms with Crippen LogP contribution in [-0.2, 0) is 0 Å². The van der Waals surface area contributed by atoms with Crippen LogP contribution in [0.4, 0.5) is 36.7 Å². The fourth-order valence-corrected chi connectivity index (χ4v) is 3.22. The van der Waals surface area contributed by atoms with Crippen LogP contribution in [0.25, 0.3) is 11.0 Å². The van der Waals surface area contributed by atoms with Gasteiger partial charge in [0.25, 0.3) is 0 Å². The van der Waals surface area contributed by atoms with Crippen LogP contribution in [0.3, 0.4) is 0 Å². The molecule has 0 amide bonds. The number of fused-ring (bicyclic) bond motifs is 1. The fourth-order valence-electron chi connectivity index (χ4n) is 3.22. The number of nitrogens with one attached hydrogen (secondary N) is 4. The minimum atomic E-state index is -4.21. The molecule has 3 rings (SSSR count). The molecule has 0 spiro atoms. The van der Waals surface area contributed by atoms with Crippen molar-refractivity contribution in [1.82, 2.24) is 24.9 Å². The maximum Gasteiger partial charge on any atom is 0.393 e. The Morgan fingerprint density at radius 1 is 1.00 bits per heavy atom. The molecule has 2 aromatic rings. The summed E-state index contributed by atoms with van der Waals surface area (Å²) in [4.78, 5) is 17.8. The Balaban J connectivity index is 1.91. The smallest absolute Gasteiger partial charge is 0.371 e. The number of alkyl halides is 3. The van der Waals surface area contributed by atoms with E-state index < -0.39 is 12.1 Å². The molecule has 0 bridgehead atoms. The SMILES string of the molecule is CCCNc1nc(NC)c2nc(NN3CCCC(C(F)(F)F)C3)nc(NC)c2n1. The first-order valence-electron chi connectivity index (χ1n) is 9.63. The van der Waals surface area contributed by atoms with Crippen molar-refractivity contribution in [2.75, 3.05) is 55.1 Å². The van der Waals surface area contributed by atoms with Crippen molar-refractivity contribution in [1.29, 1.82) is 0 Å². The van der Waals surface area contributed by atoms with Gasteiger partial charge in [-0.1, -0.05) is 6.92 Å². The van der Waals surface area contributed by atoms with E-state index in [0.717, 1.165) is 13.0 Å². The van der Waals surface area contributed by atoms with Crippen molar-refractivity contribution >= 4 is 34.6 Å². The molecular formula is C17H26F3N9. The van der Waals surface area contributed by atoms with E-state index in [1.165, 1.54) is 5.01 Å². The number of hydrogen-bond donors (Lipinski definition) is 4. The summed E-state index contributed by atoms with van der Waals surface area (Å²) in [5, 5.41) is 10.6. The first kappa shape index (κ1) is 21.1. The van der Waals surface area contributed by atoms with Gasteiger partial charge in [0, 0.05) is 33.7 Å². The van der Waals surface area contributed by atoms with Crippen LogP contribution in [0.5, 0.6) is 0 Å². The highest BCUT2D eigenvalue weighted by molar-refractivity contribution is 5.94. The van der Waals surface area contributed by atoms with E-state index in [-0.39, 0.29) is 18.9 Å². The van der Waals surface area contributed by atoms with Gasteiger partial charge in [0.1, 0.15) is 11.0 Å². The molecule has 2 aromatic heterocycles. The van der Waals surface area contributed by atoms with Gasteiger partial charge in [-0.2, -0.15) is 23.1 Å². The molecule has 29 heavy (non-hydrogen) atoms. The lowest BCUT2D eigenvalue weighted by atomic mass is 9.99. The highest BCUT2D eigenvalue weighted by Crippen LogP contribution is 2.33. The van der Waals surface area contributed by atoms with Gasteiger partial charge in [-0.25, -0.2) is 15.0 Å². The highest BCUT2D eigenvalue weighted by atomic mass is 19.4. The zero-order valence-electron chi connectivity index (χ0n) is 16.7. The van der Waals surface area contributed by atoms with E-state index in [1.54, 1.807) is 14.1 Å². The second-order valence-electron chi connectivity index (χ2n) is 6.85. The monoisotopic (exact) mass is 413 g/mol. The van der Waals surface area contributed by atoms with Gasteiger partial charge in [-0.05, 0) is 19.3 Å². The molecule has 1 aliphatic rings. The molecule has 9 nitrogen and oxygen atoms in total. The summed E-state index contributed by atoms with van der Waals surface area (Å²) < 4.78 is 39.2. The van der Waals surface area contributed by atoms with E-state index in [0.29, 0.717) is 41.6 Å². The van der Waals surface area contributed by atoms with E-state index in [1.807, 2.05) is 6.92 Å². The summed E-state index contributed by atoms with van der Waals surface area (Å²) >= 11 is 0. The van der Waals surface area contributed by atoms with Gasteiger partial charge in [0.15, 0.2) is 11.6 Å². The predicted octanol–water partition coefficient (Wildman–Crippen LogP) is 2.93. The Hall–Kier alpha value is -2.63. The molecule has 0 saturated carbocycles. The van der Waals surface area contributed by atoms with Crippen LogP contribution < -0.4 is 21.4 Å². The van der Waals surface area contributed by atoms with Crippen molar-refractivity contribution in [2.45, 2.75) is 32.4 Å². The fraction of sp³-hybridized carbons (Fsp3) is 0.647. The number of piperidine rings is 1. The molecule has 1 fully saturated rings. The largest absolute Gasteiger partial charge is 0.393 e. The first-order valence-corrected chi connectivity index (χ1v) is 9.63. The Labute approximate surface area is 166 Å². The molecule has 4 N–H and O–H groups in total. The number of halogens is 3. The number of anilines is 4. The summed E-state index contributed by atoms with van der Waals surface area (Å²) in [6.45, 7) is 3.10. The maximum atomic E-state index is 13.1. The maximum absolute atomic E-state index is 13.1. The lowest BCUT2D eigenvalue weighted by Crippen LogP contribution is -2.44. The molecule has 1 saturated heterocycles. The van der Waals surface area contributed by atoms with Gasteiger partial charge in [0.05, 0.1) is 5.92 Å². The predicted molar refractivity (Wildman–Crippen MR) is 107 cm³/mol. The summed E-state index contributed by atoms with van der Waals surface area (Å²) in [6, 6.07) is 0. The number of aromatic nitrogens is 4. The Morgan fingerprint density at radius 2 is 1.62 bits per heavy atom. The summed E-state index contributed by atoms with van der Waals surface area (Å²) in [5.74, 6) is 0.242. The van der Waals surface area contributed by atoms with Crippen molar-refractivity contribution in [3.63, 3.8) is 0 Å². The molecule has 0 aromatic carbocycles. The summed E-state index contributed by atoms with van der Waals surface area (Å²) in [7, 11) is 3.42. The Kier molecular flexibility index (Phi) is 6.40. The summed E-state index contributed by atoms with van der Waals surface area (Å²) in [6.07, 6.45) is -2.71. The van der Waals surface area contributed by atoms with E-state index >= 15 is 0 Å². The minimum absolute atomic E-state index is 0.132. The van der Waals surface area contributed by atoms with E-state index in [2.05, 4.69) is 41.3 Å². The zero-order chi connectivity index (χ0) is 21.0. The van der Waals surface area contributed by atoms with Gasteiger partial charge in [-0.15, -0.1) is 0 Å². The molecule has 1 unspecified atom stereocenters. The van der Waals surface area contributed by atoms with Gasteiger partial charge < -0.3 is 16.0 Å². The average Bonchev–Trinajstić information content (AvgIpc) is 2.70. The topological polar surface area (TPSA) is 103 Å². The van der Waals surface area contributed by atoms with Crippen molar-refractivity contribution in [3.05, 3.63) is 0 Å². The third kappa shape index (κ3) is 4.86.